The second-order valence-corrected chi connectivity index (χ2v) is 8.82. The molecule has 1 amide bonds. The molecule has 29 heavy (non-hydrogen) atoms. The van der Waals surface area contributed by atoms with E-state index in [1.165, 1.54) is 17.8 Å². The van der Waals surface area contributed by atoms with Gasteiger partial charge in [-0.1, -0.05) is 18.2 Å². The van der Waals surface area contributed by atoms with Crippen molar-refractivity contribution in [3.05, 3.63) is 65.3 Å². The highest BCUT2D eigenvalue weighted by Crippen LogP contribution is 2.27. The zero-order chi connectivity index (χ0) is 20.2. The molecule has 1 saturated heterocycles. The minimum Gasteiger partial charge on any atom is -0.336 e. The summed E-state index contributed by atoms with van der Waals surface area (Å²) in [4.78, 5) is 15.1. The molecule has 7 heteroatoms. The highest BCUT2D eigenvalue weighted by molar-refractivity contribution is 7.99. The Labute approximate surface area is 175 Å². The summed E-state index contributed by atoms with van der Waals surface area (Å²) in [6.07, 6.45) is 4.50. The van der Waals surface area contributed by atoms with E-state index < -0.39 is 0 Å². The molecule has 154 valence electrons. The first-order valence-corrected chi connectivity index (χ1v) is 11.4. The minimum atomic E-state index is -0.218. The van der Waals surface area contributed by atoms with Crippen LogP contribution in [-0.4, -0.2) is 51.2 Å². The van der Waals surface area contributed by atoms with Gasteiger partial charge in [0.15, 0.2) is 5.69 Å². The quantitative estimate of drug-likeness (QED) is 0.739. The van der Waals surface area contributed by atoms with Gasteiger partial charge in [0.05, 0.1) is 6.54 Å². The van der Waals surface area contributed by atoms with E-state index in [0.717, 1.165) is 55.0 Å². The topological polar surface area (TPSA) is 50.2 Å². The van der Waals surface area contributed by atoms with E-state index in [4.69, 9.17) is 5.10 Å². The summed E-state index contributed by atoms with van der Waals surface area (Å²) < 4.78 is 15.1. The van der Waals surface area contributed by atoms with Crippen LogP contribution in [0.25, 0.3) is 0 Å². The predicted molar refractivity (Wildman–Crippen MR) is 115 cm³/mol. The summed E-state index contributed by atoms with van der Waals surface area (Å²) in [6, 6.07) is 6.87. The standard InChI is InChI=1S/C22H27FN4OS/c1-2-9-27-20-8-7-18(24-15-16-3-5-17(23)6-4-16)14-19(20)21(25-27)22(28)26-10-12-29-13-11-26/h2-6,18,24H,1,7-15H2. The van der Waals surface area contributed by atoms with E-state index in [-0.39, 0.29) is 17.8 Å². The average Bonchev–Trinajstić information content (AvgIpc) is 3.11. The van der Waals surface area contributed by atoms with Crippen molar-refractivity contribution in [2.75, 3.05) is 24.6 Å². The largest absolute Gasteiger partial charge is 0.336 e. The van der Waals surface area contributed by atoms with Gasteiger partial charge in [-0.05, 0) is 37.0 Å². The highest BCUT2D eigenvalue weighted by atomic mass is 32.2. The van der Waals surface area contributed by atoms with E-state index in [1.54, 1.807) is 0 Å². The van der Waals surface area contributed by atoms with Gasteiger partial charge in [0.1, 0.15) is 5.82 Å². The fourth-order valence-corrected chi connectivity index (χ4v) is 4.99. The fourth-order valence-electron chi connectivity index (χ4n) is 4.09. The number of carbonyl (C=O) groups excluding carboxylic acids is 1. The van der Waals surface area contributed by atoms with Crippen LogP contribution in [0.5, 0.6) is 0 Å². The summed E-state index contributed by atoms with van der Waals surface area (Å²) in [7, 11) is 0. The number of amides is 1. The van der Waals surface area contributed by atoms with Crippen LogP contribution >= 0.6 is 11.8 Å². The molecule has 0 spiro atoms. The molecule has 0 radical (unpaired) electrons. The average molecular weight is 415 g/mol. The van der Waals surface area contributed by atoms with Gasteiger partial charge in [0.25, 0.3) is 5.91 Å². The van der Waals surface area contributed by atoms with Crippen molar-refractivity contribution in [1.29, 1.82) is 0 Å². The Morgan fingerprint density at radius 2 is 2.07 bits per heavy atom. The predicted octanol–water partition coefficient (Wildman–Crippen LogP) is 3.04. The number of aromatic nitrogens is 2. The monoisotopic (exact) mass is 414 g/mol. The Kier molecular flexibility index (Phi) is 6.35. The number of benzene rings is 1. The molecule has 1 N–H and O–H groups in total. The highest BCUT2D eigenvalue weighted by Gasteiger charge is 2.31. The molecule has 2 aromatic rings. The van der Waals surface area contributed by atoms with E-state index in [0.29, 0.717) is 18.8 Å². The molecule has 5 nitrogen and oxygen atoms in total. The first kappa shape index (κ1) is 20.2. The third-order valence-electron chi connectivity index (χ3n) is 5.66. The van der Waals surface area contributed by atoms with Crippen LogP contribution in [0.1, 0.15) is 33.7 Å². The van der Waals surface area contributed by atoms with Crippen LogP contribution in [0, 0.1) is 5.82 Å². The third kappa shape index (κ3) is 4.56. The number of nitrogens with one attached hydrogen (secondary N) is 1. The molecule has 2 heterocycles. The number of allylic oxidation sites excluding steroid dienone is 1. The maximum absolute atomic E-state index is 13.2. The molecular formula is C22H27FN4OS. The first-order chi connectivity index (χ1) is 14.2. The number of nitrogens with zero attached hydrogens (tertiary/aromatic N) is 3. The minimum absolute atomic E-state index is 0.0588. The van der Waals surface area contributed by atoms with Crippen molar-refractivity contribution >= 4 is 17.7 Å². The van der Waals surface area contributed by atoms with E-state index >= 15 is 0 Å². The maximum Gasteiger partial charge on any atom is 0.274 e. The van der Waals surface area contributed by atoms with Gasteiger partial charge in [-0.15, -0.1) is 6.58 Å². The van der Waals surface area contributed by atoms with Crippen molar-refractivity contribution < 1.29 is 9.18 Å². The molecule has 1 fully saturated rings. The number of hydrogen-bond donors (Lipinski definition) is 1. The van der Waals surface area contributed by atoms with Gasteiger partial charge in [0, 0.05) is 48.4 Å². The maximum atomic E-state index is 13.2. The zero-order valence-corrected chi connectivity index (χ0v) is 17.4. The molecule has 1 atom stereocenters. The summed E-state index contributed by atoms with van der Waals surface area (Å²) in [5.41, 5.74) is 3.92. The van der Waals surface area contributed by atoms with Gasteiger partial charge >= 0.3 is 0 Å². The lowest BCUT2D eigenvalue weighted by atomic mass is 9.91. The zero-order valence-electron chi connectivity index (χ0n) is 16.6. The van der Waals surface area contributed by atoms with Crippen molar-refractivity contribution in [1.82, 2.24) is 20.0 Å². The first-order valence-electron chi connectivity index (χ1n) is 10.2. The Hall–Kier alpha value is -2.12. The normalized spacial score (nSPS) is 19.1. The lowest BCUT2D eigenvalue weighted by Crippen LogP contribution is -2.39. The summed E-state index contributed by atoms with van der Waals surface area (Å²) >= 11 is 1.89. The second-order valence-electron chi connectivity index (χ2n) is 7.60. The summed E-state index contributed by atoms with van der Waals surface area (Å²) in [5.74, 6) is 1.82. The Morgan fingerprint density at radius 1 is 1.31 bits per heavy atom. The Balaban J connectivity index is 1.51. The number of hydrogen-bond acceptors (Lipinski definition) is 4. The molecule has 2 aliphatic rings. The molecule has 1 aliphatic carbocycles. The number of carbonyl (C=O) groups is 1. The molecule has 1 aromatic carbocycles. The number of thioether (sulfide) groups is 1. The van der Waals surface area contributed by atoms with Crippen molar-refractivity contribution in [3.63, 3.8) is 0 Å². The Morgan fingerprint density at radius 3 is 2.79 bits per heavy atom. The van der Waals surface area contributed by atoms with Crippen LogP contribution in [-0.2, 0) is 25.9 Å². The van der Waals surface area contributed by atoms with Crippen LogP contribution in [0.3, 0.4) is 0 Å². The van der Waals surface area contributed by atoms with Crippen LogP contribution in [0.2, 0.25) is 0 Å². The Bertz CT molecular complexity index is 874. The van der Waals surface area contributed by atoms with Gasteiger partial charge in [-0.3, -0.25) is 9.48 Å². The van der Waals surface area contributed by atoms with Crippen molar-refractivity contribution in [3.8, 4) is 0 Å². The van der Waals surface area contributed by atoms with Gasteiger partial charge in [-0.25, -0.2) is 4.39 Å². The second kappa shape index (κ2) is 9.13. The SMILES string of the molecule is C=CCn1nc(C(=O)N2CCSCC2)c2c1CCC(NCc1ccc(F)cc1)C2. The van der Waals surface area contributed by atoms with Crippen molar-refractivity contribution in [2.24, 2.45) is 0 Å². The molecule has 0 bridgehead atoms. The van der Waals surface area contributed by atoms with E-state index in [2.05, 4.69) is 11.9 Å². The van der Waals surface area contributed by atoms with Crippen LogP contribution in [0.15, 0.2) is 36.9 Å². The molecule has 0 saturated carbocycles. The summed E-state index contributed by atoms with van der Waals surface area (Å²) in [5, 5.41) is 8.27. The number of fused-ring (bicyclic) bond motifs is 1. The fraction of sp³-hybridized carbons (Fsp3) is 0.455. The van der Waals surface area contributed by atoms with Crippen LogP contribution < -0.4 is 5.32 Å². The van der Waals surface area contributed by atoms with Gasteiger partial charge in [-0.2, -0.15) is 16.9 Å². The van der Waals surface area contributed by atoms with Crippen molar-refractivity contribution in [2.45, 2.75) is 38.4 Å². The smallest absolute Gasteiger partial charge is 0.274 e. The number of rotatable bonds is 6. The van der Waals surface area contributed by atoms with Crippen LogP contribution in [0.4, 0.5) is 4.39 Å². The lowest BCUT2D eigenvalue weighted by molar-refractivity contribution is 0.0764. The molecule has 1 aromatic heterocycles. The molecule has 1 unspecified atom stereocenters. The van der Waals surface area contributed by atoms with E-state index in [9.17, 15) is 9.18 Å². The number of halogens is 1. The van der Waals surface area contributed by atoms with Gasteiger partial charge < -0.3 is 10.2 Å². The van der Waals surface area contributed by atoms with E-state index in [1.807, 2.05) is 39.6 Å². The third-order valence-corrected chi connectivity index (χ3v) is 6.60. The molecular weight excluding hydrogens is 387 g/mol. The van der Waals surface area contributed by atoms with Gasteiger partial charge in [0.2, 0.25) is 0 Å². The molecule has 1 aliphatic heterocycles. The molecule has 4 rings (SSSR count). The lowest BCUT2D eigenvalue weighted by Gasteiger charge is -2.27. The summed E-state index contributed by atoms with van der Waals surface area (Å²) in [6.45, 7) is 6.73.